The second kappa shape index (κ2) is 6.80. The van der Waals surface area contributed by atoms with E-state index in [1.54, 1.807) is 12.1 Å². The Hall–Kier alpha value is -2.86. The molecular formula is C20H20N4OS. The molecule has 0 radical (unpaired) electrons. The van der Waals surface area contributed by atoms with E-state index in [1.165, 1.54) is 0 Å². The van der Waals surface area contributed by atoms with Gasteiger partial charge in [-0.2, -0.15) is 0 Å². The minimum atomic E-state index is -0.0191. The average molecular weight is 364 g/mol. The molecular weight excluding hydrogens is 344 g/mol. The van der Waals surface area contributed by atoms with Crippen LogP contribution in [0.25, 0.3) is 5.69 Å². The van der Waals surface area contributed by atoms with Gasteiger partial charge in [-0.25, -0.2) is 0 Å². The van der Waals surface area contributed by atoms with Gasteiger partial charge in [0.15, 0.2) is 5.11 Å². The van der Waals surface area contributed by atoms with Crippen molar-refractivity contribution in [3.8, 4) is 11.4 Å². The Balaban J connectivity index is 1.80. The number of phenols is 1. The van der Waals surface area contributed by atoms with E-state index >= 15 is 0 Å². The number of phenolic OH excluding ortho intramolecular Hbond substituents is 1. The van der Waals surface area contributed by atoms with Gasteiger partial charge in [0.2, 0.25) is 0 Å². The van der Waals surface area contributed by atoms with Gasteiger partial charge in [-0.3, -0.25) is 4.98 Å². The average Bonchev–Trinajstić information content (AvgIpc) is 3.27. The van der Waals surface area contributed by atoms with Crippen molar-refractivity contribution in [3.05, 3.63) is 78.4 Å². The first kappa shape index (κ1) is 16.6. The van der Waals surface area contributed by atoms with Crippen LogP contribution in [0.15, 0.2) is 67.0 Å². The lowest BCUT2D eigenvalue weighted by Crippen LogP contribution is -2.30. The maximum absolute atomic E-state index is 9.59. The van der Waals surface area contributed by atoms with Gasteiger partial charge in [0.05, 0.1) is 17.8 Å². The number of hydrogen-bond donors (Lipinski definition) is 2. The standard InChI is InChI=1S/C20H20N4OS/c1-2-23-19(18(22-20(23)26)16-6-3-4-12-21-16)17-7-5-13-24(17)14-8-10-15(25)11-9-14/h3-13,18-19,25H,2H2,1H3,(H,22,26)/t18-,19+/m0/s1. The van der Waals surface area contributed by atoms with Crippen LogP contribution in [0.4, 0.5) is 0 Å². The zero-order valence-corrected chi connectivity index (χ0v) is 15.2. The molecule has 0 bridgehead atoms. The van der Waals surface area contributed by atoms with Crippen LogP contribution < -0.4 is 5.32 Å². The number of pyridine rings is 1. The molecule has 26 heavy (non-hydrogen) atoms. The largest absolute Gasteiger partial charge is 0.508 e. The third-order valence-electron chi connectivity index (χ3n) is 4.75. The van der Waals surface area contributed by atoms with Gasteiger partial charge < -0.3 is 19.9 Å². The maximum Gasteiger partial charge on any atom is 0.170 e. The molecule has 0 spiro atoms. The summed E-state index contributed by atoms with van der Waals surface area (Å²) in [6, 6.07) is 17.3. The number of thiocarbonyl (C=S) groups is 1. The second-order valence-electron chi connectivity index (χ2n) is 6.23. The number of likely N-dealkylation sites (N-methyl/N-ethyl adjacent to an activating group) is 1. The Bertz CT molecular complexity index is 907. The van der Waals surface area contributed by atoms with Gasteiger partial charge in [-0.05, 0) is 67.7 Å². The van der Waals surface area contributed by atoms with E-state index < -0.39 is 0 Å². The summed E-state index contributed by atoms with van der Waals surface area (Å²) in [6.07, 6.45) is 3.84. The van der Waals surface area contributed by atoms with Gasteiger partial charge in [-0.15, -0.1) is 0 Å². The highest BCUT2D eigenvalue weighted by Crippen LogP contribution is 2.39. The molecule has 5 nitrogen and oxygen atoms in total. The smallest absolute Gasteiger partial charge is 0.170 e. The van der Waals surface area contributed by atoms with Crippen molar-refractivity contribution in [1.82, 2.24) is 19.8 Å². The highest BCUT2D eigenvalue weighted by molar-refractivity contribution is 7.80. The zero-order valence-electron chi connectivity index (χ0n) is 14.4. The third-order valence-corrected chi connectivity index (χ3v) is 5.10. The number of hydrogen-bond acceptors (Lipinski definition) is 3. The summed E-state index contributed by atoms with van der Waals surface area (Å²) in [7, 11) is 0. The molecule has 1 saturated heterocycles. The number of nitrogens with zero attached hydrogens (tertiary/aromatic N) is 3. The summed E-state index contributed by atoms with van der Waals surface area (Å²) in [5, 5.41) is 13.8. The highest BCUT2D eigenvalue weighted by atomic mass is 32.1. The molecule has 2 atom stereocenters. The topological polar surface area (TPSA) is 53.3 Å². The van der Waals surface area contributed by atoms with Crippen LogP contribution in [0.3, 0.4) is 0 Å². The van der Waals surface area contributed by atoms with Crippen molar-refractivity contribution in [1.29, 1.82) is 0 Å². The fourth-order valence-corrected chi connectivity index (χ4v) is 3.92. The Labute approximate surface area is 157 Å². The quantitative estimate of drug-likeness (QED) is 0.693. The minimum absolute atomic E-state index is 0.0191. The molecule has 1 aliphatic heterocycles. The molecule has 3 aromatic rings. The van der Waals surface area contributed by atoms with E-state index in [9.17, 15) is 5.11 Å². The molecule has 0 saturated carbocycles. The first-order valence-electron chi connectivity index (χ1n) is 8.63. The van der Waals surface area contributed by atoms with E-state index in [0.29, 0.717) is 0 Å². The first-order valence-corrected chi connectivity index (χ1v) is 9.04. The Kier molecular flexibility index (Phi) is 4.34. The monoisotopic (exact) mass is 364 g/mol. The molecule has 0 amide bonds. The van der Waals surface area contributed by atoms with Crippen LogP contribution in [0.1, 0.15) is 30.4 Å². The lowest BCUT2D eigenvalue weighted by Gasteiger charge is -2.27. The van der Waals surface area contributed by atoms with E-state index in [4.69, 9.17) is 12.2 Å². The summed E-state index contributed by atoms with van der Waals surface area (Å²) in [5.41, 5.74) is 3.09. The number of rotatable bonds is 4. The first-order chi connectivity index (χ1) is 12.7. The predicted octanol–water partition coefficient (Wildman–Crippen LogP) is 3.57. The number of benzene rings is 1. The molecule has 1 fully saturated rings. The number of aromatic nitrogens is 2. The van der Waals surface area contributed by atoms with Gasteiger partial charge in [0.1, 0.15) is 5.75 Å². The van der Waals surface area contributed by atoms with Gasteiger partial charge in [0, 0.05) is 30.3 Å². The van der Waals surface area contributed by atoms with Gasteiger partial charge in [-0.1, -0.05) is 6.07 Å². The molecule has 6 heteroatoms. The minimum Gasteiger partial charge on any atom is -0.508 e. The Morgan fingerprint density at radius 3 is 2.62 bits per heavy atom. The highest BCUT2D eigenvalue weighted by Gasteiger charge is 2.40. The van der Waals surface area contributed by atoms with E-state index in [0.717, 1.165) is 28.7 Å². The fourth-order valence-electron chi connectivity index (χ4n) is 3.55. The van der Waals surface area contributed by atoms with Crippen molar-refractivity contribution < 1.29 is 5.11 Å². The zero-order chi connectivity index (χ0) is 18.1. The van der Waals surface area contributed by atoms with Crippen LogP contribution in [-0.4, -0.2) is 31.2 Å². The molecule has 4 rings (SSSR count). The van der Waals surface area contributed by atoms with Crippen molar-refractivity contribution >= 4 is 17.3 Å². The Morgan fingerprint density at radius 1 is 1.12 bits per heavy atom. The van der Waals surface area contributed by atoms with Crippen LogP contribution in [-0.2, 0) is 0 Å². The maximum atomic E-state index is 9.59. The van der Waals surface area contributed by atoms with Crippen LogP contribution in [0.5, 0.6) is 5.75 Å². The number of aromatic hydroxyl groups is 1. The molecule has 3 heterocycles. The van der Waals surface area contributed by atoms with E-state index in [1.807, 2.05) is 48.8 Å². The summed E-state index contributed by atoms with van der Waals surface area (Å²) >= 11 is 5.59. The SMILES string of the molecule is CCN1C(=S)N[C@@H](c2ccccn2)[C@H]1c1cccn1-c1ccc(O)cc1. The van der Waals surface area contributed by atoms with Crippen LogP contribution in [0.2, 0.25) is 0 Å². The molecule has 132 valence electrons. The van der Waals surface area contributed by atoms with Crippen molar-refractivity contribution in [3.63, 3.8) is 0 Å². The Morgan fingerprint density at radius 2 is 1.92 bits per heavy atom. The second-order valence-corrected chi connectivity index (χ2v) is 6.62. The lowest BCUT2D eigenvalue weighted by molar-refractivity contribution is 0.321. The molecule has 2 N–H and O–H groups in total. The summed E-state index contributed by atoms with van der Waals surface area (Å²) in [6.45, 7) is 2.91. The molecule has 0 aliphatic carbocycles. The van der Waals surface area contributed by atoms with Gasteiger partial charge >= 0.3 is 0 Å². The van der Waals surface area contributed by atoms with E-state index in [2.05, 4.69) is 32.8 Å². The van der Waals surface area contributed by atoms with Crippen molar-refractivity contribution in [2.45, 2.75) is 19.0 Å². The predicted molar refractivity (Wildman–Crippen MR) is 105 cm³/mol. The molecule has 0 unspecified atom stereocenters. The van der Waals surface area contributed by atoms with Crippen LogP contribution >= 0.6 is 12.2 Å². The van der Waals surface area contributed by atoms with Crippen molar-refractivity contribution in [2.24, 2.45) is 0 Å². The molecule has 1 aromatic carbocycles. The fraction of sp³-hybridized carbons (Fsp3) is 0.200. The van der Waals surface area contributed by atoms with E-state index in [-0.39, 0.29) is 17.8 Å². The molecule has 1 aliphatic rings. The van der Waals surface area contributed by atoms with Crippen molar-refractivity contribution in [2.75, 3.05) is 6.54 Å². The number of nitrogens with one attached hydrogen (secondary N) is 1. The summed E-state index contributed by atoms with van der Waals surface area (Å²) in [4.78, 5) is 6.74. The normalized spacial score (nSPS) is 19.6. The summed E-state index contributed by atoms with van der Waals surface area (Å²) in [5.74, 6) is 0.257. The van der Waals surface area contributed by atoms with Gasteiger partial charge in [0.25, 0.3) is 0 Å². The molecule has 2 aromatic heterocycles. The summed E-state index contributed by atoms with van der Waals surface area (Å²) < 4.78 is 2.14. The lowest BCUT2D eigenvalue weighted by atomic mass is 10.0. The third kappa shape index (κ3) is 2.82. The van der Waals surface area contributed by atoms with Crippen LogP contribution in [0, 0.1) is 0 Å².